The number of ether oxygens (including phenoxy) is 2. The molecule has 6 heteroatoms. The molecule has 0 aliphatic carbocycles. The van der Waals surface area contributed by atoms with Crippen LogP contribution in [0.3, 0.4) is 0 Å². The van der Waals surface area contributed by atoms with Crippen LogP contribution in [0, 0.1) is 0 Å². The number of carbonyl (C=O) groups excluding carboxylic acids is 1. The van der Waals surface area contributed by atoms with Crippen molar-refractivity contribution in [2.45, 2.75) is 13.2 Å². The number of aromatic nitrogens is 2. The van der Waals surface area contributed by atoms with Crippen LogP contribution in [0.15, 0.2) is 91.1 Å². The number of anilines is 1. The first kappa shape index (κ1) is 20.2. The van der Waals surface area contributed by atoms with Crippen molar-refractivity contribution >= 4 is 11.6 Å². The topological polar surface area (TPSA) is 65.4 Å². The van der Waals surface area contributed by atoms with E-state index in [1.54, 1.807) is 42.3 Å². The average molecular weight is 413 g/mol. The van der Waals surface area contributed by atoms with E-state index in [1.165, 1.54) is 0 Å². The first-order valence-corrected chi connectivity index (χ1v) is 9.95. The zero-order valence-corrected chi connectivity index (χ0v) is 17.2. The number of methoxy groups -OCH3 is 1. The lowest BCUT2D eigenvalue weighted by atomic mass is 10.2. The van der Waals surface area contributed by atoms with E-state index in [4.69, 9.17) is 9.47 Å². The molecule has 0 aliphatic rings. The Bertz CT molecular complexity index is 1120. The minimum Gasteiger partial charge on any atom is -0.497 e. The van der Waals surface area contributed by atoms with Gasteiger partial charge in [-0.15, -0.1) is 5.10 Å². The Morgan fingerprint density at radius 2 is 1.55 bits per heavy atom. The Morgan fingerprint density at radius 1 is 0.903 bits per heavy atom. The maximum Gasteiger partial charge on any atom is 0.262 e. The number of rotatable bonds is 8. The predicted molar refractivity (Wildman–Crippen MR) is 119 cm³/mol. The average Bonchev–Trinajstić information content (AvgIpc) is 3.22. The number of benzene rings is 3. The Kier molecular flexibility index (Phi) is 6.28. The Labute approximate surface area is 181 Å². The molecule has 0 bridgehead atoms. The van der Waals surface area contributed by atoms with Crippen molar-refractivity contribution in [1.82, 2.24) is 9.78 Å². The van der Waals surface area contributed by atoms with Gasteiger partial charge in [0, 0.05) is 11.9 Å². The number of hydrogen-bond donors (Lipinski definition) is 1. The summed E-state index contributed by atoms with van der Waals surface area (Å²) in [6.45, 7) is 0.865. The molecule has 0 fully saturated rings. The molecule has 0 radical (unpaired) electrons. The summed E-state index contributed by atoms with van der Waals surface area (Å²) in [7, 11) is 1.60. The molecule has 1 heterocycles. The molecule has 1 amide bonds. The van der Waals surface area contributed by atoms with Crippen LogP contribution in [0.1, 0.15) is 21.5 Å². The maximum atomic E-state index is 13.0. The van der Waals surface area contributed by atoms with Crippen LogP contribution in [0.5, 0.6) is 11.6 Å². The third-order valence-electron chi connectivity index (χ3n) is 4.73. The highest BCUT2D eigenvalue weighted by molar-refractivity contribution is 6.05. The van der Waals surface area contributed by atoms with Gasteiger partial charge in [-0.05, 0) is 35.4 Å². The van der Waals surface area contributed by atoms with E-state index in [-0.39, 0.29) is 5.91 Å². The molecule has 31 heavy (non-hydrogen) atoms. The lowest BCUT2D eigenvalue weighted by Gasteiger charge is -2.07. The van der Waals surface area contributed by atoms with Gasteiger partial charge >= 0.3 is 0 Å². The summed E-state index contributed by atoms with van der Waals surface area (Å²) in [6, 6.07) is 26.9. The highest BCUT2D eigenvalue weighted by atomic mass is 16.5. The van der Waals surface area contributed by atoms with Crippen molar-refractivity contribution in [3.8, 4) is 11.6 Å². The van der Waals surface area contributed by atoms with Gasteiger partial charge in [0.15, 0.2) is 0 Å². The number of amides is 1. The Balaban J connectivity index is 1.55. The molecule has 0 unspecified atom stereocenters. The molecule has 1 aromatic heterocycles. The third-order valence-corrected chi connectivity index (χ3v) is 4.73. The summed E-state index contributed by atoms with van der Waals surface area (Å²) in [5.74, 6) is 0.735. The molecular formula is C25H23N3O3. The Morgan fingerprint density at radius 3 is 2.19 bits per heavy atom. The lowest BCUT2D eigenvalue weighted by molar-refractivity contribution is 0.102. The van der Waals surface area contributed by atoms with E-state index in [2.05, 4.69) is 10.4 Å². The molecule has 0 saturated carbocycles. The monoisotopic (exact) mass is 413 g/mol. The second-order valence-electron chi connectivity index (χ2n) is 6.99. The van der Waals surface area contributed by atoms with Gasteiger partial charge in [-0.2, -0.15) is 0 Å². The molecule has 0 atom stereocenters. The van der Waals surface area contributed by atoms with E-state index >= 15 is 0 Å². The van der Waals surface area contributed by atoms with Crippen molar-refractivity contribution in [2.24, 2.45) is 0 Å². The van der Waals surface area contributed by atoms with Gasteiger partial charge < -0.3 is 14.8 Å². The first-order valence-electron chi connectivity index (χ1n) is 9.95. The fourth-order valence-corrected chi connectivity index (χ4v) is 3.12. The molecule has 0 aliphatic heterocycles. The molecule has 0 saturated heterocycles. The molecule has 0 spiro atoms. The maximum absolute atomic E-state index is 13.0. The van der Waals surface area contributed by atoms with E-state index < -0.39 is 0 Å². The summed E-state index contributed by atoms with van der Waals surface area (Å²) in [5.41, 5.74) is 3.13. The highest BCUT2D eigenvalue weighted by Gasteiger charge is 2.19. The molecular weight excluding hydrogens is 390 g/mol. The third kappa shape index (κ3) is 5.30. The summed E-state index contributed by atoms with van der Waals surface area (Å²) in [5, 5.41) is 7.42. The fraction of sp³-hybridized carbons (Fsp3) is 0.120. The minimum atomic E-state index is -0.285. The number of nitrogens with one attached hydrogen (secondary N) is 1. The Hall–Kier alpha value is -4.06. The van der Waals surface area contributed by atoms with Crippen LogP contribution >= 0.6 is 0 Å². The molecule has 156 valence electrons. The standard InChI is InChI=1S/C25H23N3O3/c1-30-22-14-12-21(13-15-22)26-24(29)23-17-28(16-19-8-4-2-5-9-19)27-25(23)31-18-20-10-6-3-7-11-20/h2-15,17H,16,18H2,1H3,(H,26,29). The van der Waals surface area contributed by atoms with Crippen molar-refractivity contribution in [2.75, 3.05) is 12.4 Å². The van der Waals surface area contributed by atoms with E-state index in [0.717, 1.165) is 16.9 Å². The normalized spacial score (nSPS) is 10.5. The van der Waals surface area contributed by atoms with Crippen LogP contribution in [-0.4, -0.2) is 22.8 Å². The number of nitrogens with zero attached hydrogens (tertiary/aromatic N) is 2. The SMILES string of the molecule is COc1ccc(NC(=O)c2cn(Cc3ccccc3)nc2OCc2ccccc2)cc1. The van der Waals surface area contributed by atoms with E-state index in [0.29, 0.717) is 30.3 Å². The van der Waals surface area contributed by atoms with Gasteiger partial charge in [0.1, 0.15) is 17.9 Å². The number of carbonyl (C=O) groups is 1. The largest absolute Gasteiger partial charge is 0.497 e. The van der Waals surface area contributed by atoms with Gasteiger partial charge in [-0.25, -0.2) is 0 Å². The molecule has 6 nitrogen and oxygen atoms in total. The summed E-state index contributed by atoms with van der Waals surface area (Å²) < 4.78 is 12.8. The van der Waals surface area contributed by atoms with Crippen molar-refractivity contribution in [1.29, 1.82) is 0 Å². The summed E-state index contributed by atoms with van der Waals surface area (Å²) in [6.07, 6.45) is 1.71. The smallest absolute Gasteiger partial charge is 0.262 e. The zero-order chi connectivity index (χ0) is 21.5. The molecule has 4 aromatic rings. The van der Waals surface area contributed by atoms with E-state index in [9.17, 15) is 4.79 Å². The van der Waals surface area contributed by atoms with Crippen molar-refractivity contribution in [3.63, 3.8) is 0 Å². The van der Waals surface area contributed by atoms with Gasteiger partial charge in [0.2, 0.25) is 5.88 Å². The quantitative estimate of drug-likeness (QED) is 0.452. The second kappa shape index (κ2) is 9.63. The van der Waals surface area contributed by atoms with Gasteiger partial charge in [0.25, 0.3) is 5.91 Å². The minimum absolute atomic E-state index is 0.285. The van der Waals surface area contributed by atoms with E-state index in [1.807, 2.05) is 60.7 Å². The second-order valence-corrected chi connectivity index (χ2v) is 6.99. The summed E-state index contributed by atoms with van der Waals surface area (Å²) in [4.78, 5) is 13.0. The molecule has 1 N–H and O–H groups in total. The van der Waals surface area contributed by atoms with Crippen LogP contribution in [0.2, 0.25) is 0 Å². The van der Waals surface area contributed by atoms with Crippen LogP contribution < -0.4 is 14.8 Å². The van der Waals surface area contributed by atoms with Gasteiger partial charge in [-0.3, -0.25) is 9.48 Å². The van der Waals surface area contributed by atoms with Gasteiger partial charge in [0.05, 0.1) is 13.7 Å². The van der Waals surface area contributed by atoms with Crippen LogP contribution in [0.4, 0.5) is 5.69 Å². The molecule has 4 rings (SSSR count). The number of hydrogen-bond acceptors (Lipinski definition) is 4. The van der Waals surface area contributed by atoms with Crippen molar-refractivity contribution in [3.05, 3.63) is 108 Å². The first-order chi connectivity index (χ1) is 15.2. The molecule has 3 aromatic carbocycles. The van der Waals surface area contributed by atoms with Crippen LogP contribution in [0.25, 0.3) is 0 Å². The van der Waals surface area contributed by atoms with Crippen LogP contribution in [-0.2, 0) is 13.2 Å². The fourth-order valence-electron chi connectivity index (χ4n) is 3.12. The lowest BCUT2D eigenvalue weighted by Crippen LogP contribution is -2.12. The predicted octanol–water partition coefficient (Wildman–Crippen LogP) is 4.77. The van der Waals surface area contributed by atoms with Gasteiger partial charge in [-0.1, -0.05) is 60.7 Å². The van der Waals surface area contributed by atoms with Crippen molar-refractivity contribution < 1.29 is 14.3 Å². The highest BCUT2D eigenvalue weighted by Crippen LogP contribution is 2.21. The zero-order valence-electron chi connectivity index (χ0n) is 17.2. The summed E-state index contributed by atoms with van der Waals surface area (Å²) >= 11 is 0.